The van der Waals surface area contributed by atoms with Gasteiger partial charge in [0, 0.05) is 0 Å². The van der Waals surface area contributed by atoms with E-state index in [2.05, 4.69) is 0 Å². The molecule has 0 saturated carbocycles. The first-order valence-corrected chi connectivity index (χ1v) is 2.89. The van der Waals surface area contributed by atoms with Gasteiger partial charge in [0.15, 0.2) is 5.78 Å². The molecule has 3 atom stereocenters. The number of rotatable bonds is 0. The number of Topliss-reactive ketones (excluding diaryl/α,β-unsaturated/α-hetero) is 1. The highest BCUT2D eigenvalue weighted by molar-refractivity contribution is 5.90. The molecule has 1 aliphatic carbocycles. The van der Waals surface area contributed by atoms with Crippen LogP contribution >= 0.6 is 0 Å². The van der Waals surface area contributed by atoms with Crippen LogP contribution in [-0.4, -0.2) is 39.4 Å². The van der Waals surface area contributed by atoms with Crippen molar-refractivity contribution in [2.75, 3.05) is 0 Å². The molecule has 0 aliphatic heterocycles. The second-order valence-electron chi connectivity index (χ2n) is 2.17. The lowest BCUT2D eigenvalue weighted by Gasteiger charge is -2.19. The van der Waals surface area contributed by atoms with Crippen LogP contribution in [0.3, 0.4) is 0 Å². The van der Waals surface area contributed by atoms with E-state index in [0.29, 0.717) is 0 Å². The molecule has 0 aromatic heterocycles. The molecular weight excluding hydrogens is 136 g/mol. The average Bonchev–Trinajstić information content (AvgIpc) is 1.93. The normalized spacial score (nSPS) is 40.3. The first kappa shape index (κ1) is 7.40. The van der Waals surface area contributed by atoms with Crippen molar-refractivity contribution in [1.82, 2.24) is 0 Å². The highest BCUT2D eigenvalue weighted by Crippen LogP contribution is 2.07. The number of ketones is 1. The van der Waals surface area contributed by atoms with E-state index in [1.165, 1.54) is 6.08 Å². The van der Waals surface area contributed by atoms with Crippen LogP contribution < -0.4 is 0 Å². The fourth-order valence-corrected chi connectivity index (χ4v) is 0.762. The Morgan fingerprint density at radius 1 is 1.20 bits per heavy atom. The minimum Gasteiger partial charge on any atom is -0.386 e. The summed E-state index contributed by atoms with van der Waals surface area (Å²) in [5.74, 6) is -0.755. The smallest absolute Gasteiger partial charge is 0.196 e. The maximum Gasteiger partial charge on any atom is 0.196 e. The van der Waals surface area contributed by atoms with E-state index in [1.807, 2.05) is 0 Å². The zero-order chi connectivity index (χ0) is 7.72. The minimum absolute atomic E-state index is 0.755. The van der Waals surface area contributed by atoms with E-state index in [-0.39, 0.29) is 0 Å². The first-order valence-electron chi connectivity index (χ1n) is 2.89. The number of aliphatic hydroxyl groups excluding tert-OH is 3. The number of hydrogen-bond donors (Lipinski definition) is 3. The molecule has 0 bridgehead atoms. The van der Waals surface area contributed by atoms with E-state index in [1.54, 1.807) is 0 Å². The fourth-order valence-electron chi connectivity index (χ4n) is 0.762. The summed E-state index contributed by atoms with van der Waals surface area (Å²) in [6.45, 7) is 0. The molecule has 4 heteroatoms. The lowest BCUT2D eigenvalue weighted by molar-refractivity contribution is -0.138. The van der Waals surface area contributed by atoms with Gasteiger partial charge in [-0.1, -0.05) is 6.08 Å². The van der Waals surface area contributed by atoms with Gasteiger partial charge in [-0.25, -0.2) is 0 Å². The number of aliphatic hydroxyl groups is 3. The second-order valence-corrected chi connectivity index (χ2v) is 2.17. The number of hydrogen-bond acceptors (Lipinski definition) is 4. The van der Waals surface area contributed by atoms with Crippen LogP contribution in [0.1, 0.15) is 0 Å². The summed E-state index contributed by atoms with van der Waals surface area (Å²) in [4.78, 5) is 10.6. The highest BCUT2D eigenvalue weighted by Gasteiger charge is 2.30. The topological polar surface area (TPSA) is 77.8 Å². The zero-order valence-electron chi connectivity index (χ0n) is 5.14. The van der Waals surface area contributed by atoms with E-state index >= 15 is 0 Å². The number of carbonyl (C=O) groups is 1. The first-order chi connectivity index (χ1) is 4.63. The summed E-state index contributed by atoms with van der Waals surface area (Å²) in [6, 6.07) is 0. The largest absolute Gasteiger partial charge is 0.386 e. The second kappa shape index (κ2) is 2.49. The van der Waals surface area contributed by atoms with Crippen molar-refractivity contribution in [2.45, 2.75) is 18.3 Å². The van der Waals surface area contributed by atoms with Gasteiger partial charge in [-0.2, -0.15) is 0 Å². The molecular formula is C6H8O4. The van der Waals surface area contributed by atoms with Crippen molar-refractivity contribution in [3.8, 4) is 0 Å². The summed E-state index contributed by atoms with van der Waals surface area (Å²) in [5, 5.41) is 26.4. The van der Waals surface area contributed by atoms with Gasteiger partial charge in [-0.3, -0.25) is 4.79 Å². The molecule has 0 saturated heterocycles. The van der Waals surface area contributed by atoms with Crippen LogP contribution in [0.25, 0.3) is 0 Å². The summed E-state index contributed by atoms with van der Waals surface area (Å²) in [6.07, 6.45) is -1.56. The molecule has 56 valence electrons. The molecule has 0 radical (unpaired) electrons. The lowest BCUT2D eigenvalue weighted by Crippen LogP contribution is -2.42. The molecule has 3 N–H and O–H groups in total. The van der Waals surface area contributed by atoms with Crippen LogP contribution in [-0.2, 0) is 4.79 Å². The van der Waals surface area contributed by atoms with Gasteiger partial charge in [0.25, 0.3) is 0 Å². The summed E-state index contributed by atoms with van der Waals surface area (Å²) >= 11 is 0. The lowest BCUT2D eigenvalue weighted by atomic mass is 9.98. The molecule has 1 rings (SSSR count). The Kier molecular flexibility index (Phi) is 1.85. The van der Waals surface area contributed by atoms with E-state index in [9.17, 15) is 4.79 Å². The maximum absolute atomic E-state index is 10.6. The molecule has 10 heavy (non-hydrogen) atoms. The van der Waals surface area contributed by atoms with Gasteiger partial charge >= 0.3 is 0 Å². The van der Waals surface area contributed by atoms with Crippen LogP contribution in [0, 0.1) is 0 Å². The Labute approximate surface area is 57.4 Å². The van der Waals surface area contributed by atoms with Crippen molar-refractivity contribution in [3.63, 3.8) is 0 Å². The van der Waals surface area contributed by atoms with Crippen molar-refractivity contribution in [2.24, 2.45) is 0 Å². The van der Waals surface area contributed by atoms with Crippen molar-refractivity contribution >= 4 is 5.78 Å². The van der Waals surface area contributed by atoms with Crippen LogP contribution in [0.15, 0.2) is 12.2 Å². The van der Waals surface area contributed by atoms with Gasteiger partial charge in [0.05, 0.1) is 0 Å². The summed E-state index contributed by atoms with van der Waals surface area (Å²) in [5.41, 5.74) is 0. The van der Waals surface area contributed by atoms with Gasteiger partial charge < -0.3 is 15.3 Å². The predicted molar refractivity (Wildman–Crippen MR) is 32.2 cm³/mol. The summed E-state index contributed by atoms with van der Waals surface area (Å²) < 4.78 is 0. The van der Waals surface area contributed by atoms with E-state index in [4.69, 9.17) is 15.3 Å². The van der Waals surface area contributed by atoms with E-state index < -0.39 is 24.1 Å². The molecule has 0 aromatic rings. The molecule has 0 fully saturated rings. The number of carbonyl (C=O) groups excluding carboxylic acids is 1. The molecule has 0 aromatic carbocycles. The van der Waals surface area contributed by atoms with Crippen molar-refractivity contribution < 1.29 is 20.1 Å². The maximum atomic E-state index is 10.6. The van der Waals surface area contributed by atoms with Gasteiger partial charge in [-0.05, 0) is 6.08 Å². The average molecular weight is 144 g/mol. The highest BCUT2D eigenvalue weighted by atomic mass is 16.3. The van der Waals surface area contributed by atoms with Crippen molar-refractivity contribution in [1.29, 1.82) is 0 Å². The molecule has 0 spiro atoms. The fraction of sp³-hybridized carbons (Fsp3) is 0.500. The van der Waals surface area contributed by atoms with Crippen LogP contribution in [0.4, 0.5) is 0 Å². The predicted octanol–water partition coefficient (Wildman–Crippen LogP) is -1.79. The van der Waals surface area contributed by atoms with Gasteiger partial charge in [0.1, 0.15) is 18.3 Å². The Bertz CT molecular complexity index is 175. The Hall–Kier alpha value is -0.710. The molecule has 1 unspecified atom stereocenters. The monoisotopic (exact) mass is 144 g/mol. The SMILES string of the molecule is O=C1[C@@H](O)C=CC(O)[C@H]1O. The van der Waals surface area contributed by atoms with Gasteiger partial charge in [-0.15, -0.1) is 0 Å². The molecule has 0 heterocycles. The Morgan fingerprint density at radius 2 is 1.80 bits per heavy atom. The third kappa shape index (κ3) is 1.09. The molecule has 0 amide bonds. The van der Waals surface area contributed by atoms with Crippen LogP contribution in [0.5, 0.6) is 0 Å². The quantitative estimate of drug-likeness (QED) is 0.351. The standard InChI is InChI=1S/C6H8O4/c7-3-1-2-4(8)6(10)5(3)9/h1-5,7-9H/t3?,4-,5+/m0/s1. The van der Waals surface area contributed by atoms with Gasteiger partial charge in [0.2, 0.25) is 0 Å². The third-order valence-electron chi connectivity index (χ3n) is 1.40. The minimum atomic E-state index is -1.47. The Balaban J connectivity index is 2.79. The van der Waals surface area contributed by atoms with E-state index in [0.717, 1.165) is 6.08 Å². The third-order valence-corrected chi connectivity index (χ3v) is 1.40. The van der Waals surface area contributed by atoms with Crippen LogP contribution in [0.2, 0.25) is 0 Å². The molecule has 4 nitrogen and oxygen atoms in total. The Morgan fingerprint density at radius 3 is 2.30 bits per heavy atom. The zero-order valence-corrected chi connectivity index (χ0v) is 5.14. The van der Waals surface area contributed by atoms with Crippen molar-refractivity contribution in [3.05, 3.63) is 12.2 Å². The molecule has 1 aliphatic rings. The summed E-state index contributed by atoms with van der Waals surface area (Å²) in [7, 11) is 0.